The third-order valence-electron chi connectivity index (χ3n) is 6.98. The van der Waals surface area contributed by atoms with Crippen LogP contribution in [0.15, 0.2) is 75.8 Å². The van der Waals surface area contributed by atoms with Crippen molar-refractivity contribution >= 4 is 39.1 Å². The summed E-state index contributed by atoms with van der Waals surface area (Å²) in [5, 5.41) is 64.3. The Kier molecular flexibility index (Phi) is 9.10. The lowest BCUT2D eigenvalue weighted by atomic mass is 10.0. The Labute approximate surface area is 271 Å². The monoisotopic (exact) mass is 700 g/mol. The summed E-state index contributed by atoms with van der Waals surface area (Å²) >= 11 is 16.1. The molecule has 0 fully saturated rings. The van der Waals surface area contributed by atoms with Gasteiger partial charge in [-0.1, -0.05) is 40.9 Å². The number of hydrogen-bond donors (Lipinski definition) is 6. The summed E-state index contributed by atoms with van der Waals surface area (Å²) in [6, 6.07) is 11.6. The lowest BCUT2D eigenvalue weighted by Gasteiger charge is -2.15. The summed E-state index contributed by atoms with van der Waals surface area (Å²) in [6.45, 7) is 1.87. The van der Waals surface area contributed by atoms with Crippen molar-refractivity contribution in [1.29, 1.82) is 0 Å². The number of rotatable bonds is 0. The second-order valence-electron chi connectivity index (χ2n) is 10.4. The van der Waals surface area contributed by atoms with Crippen LogP contribution in [0, 0.1) is 0 Å². The fourth-order valence-electron chi connectivity index (χ4n) is 4.76. The maximum Gasteiger partial charge on any atom is 0.210 e. The minimum Gasteiger partial charge on any atom is -0.508 e. The second-order valence-corrected chi connectivity index (χ2v) is 12.2. The van der Waals surface area contributed by atoms with Crippen molar-refractivity contribution in [1.82, 2.24) is 0 Å². The number of phenolic OH excluding ortho intramolecular Hbond substituents is 6. The first-order valence-electron chi connectivity index (χ1n) is 13.4. The highest BCUT2D eigenvalue weighted by molar-refractivity contribution is 9.10. The molecule has 0 atom stereocenters. The second kappa shape index (κ2) is 12.8. The first-order chi connectivity index (χ1) is 20.9. The molecule has 4 heterocycles. The molecule has 0 saturated carbocycles. The molecule has 0 aromatic heterocycles. The zero-order valence-electron chi connectivity index (χ0n) is 23.2. The molecule has 4 aliphatic heterocycles. The van der Waals surface area contributed by atoms with Gasteiger partial charge in [-0.2, -0.15) is 0 Å². The molecule has 6 N–H and O–H groups in total. The van der Waals surface area contributed by atoms with Crippen LogP contribution in [0.1, 0.15) is 29.2 Å². The molecule has 8 nitrogen and oxygen atoms in total. The van der Waals surface area contributed by atoms with Crippen molar-refractivity contribution in [3.05, 3.63) is 103 Å². The topological polar surface area (TPSA) is 140 Å². The van der Waals surface area contributed by atoms with Gasteiger partial charge < -0.3 is 40.1 Å². The Morgan fingerprint density at radius 1 is 0.591 bits per heavy atom. The van der Waals surface area contributed by atoms with E-state index in [0.29, 0.717) is 44.6 Å². The predicted molar refractivity (Wildman–Crippen MR) is 171 cm³/mol. The highest BCUT2D eigenvalue weighted by Gasteiger charge is 2.19. The van der Waals surface area contributed by atoms with Crippen LogP contribution in [0.3, 0.4) is 0 Å². The smallest absolute Gasteiger partial charge is 0.210 e. The van der Waals surface area contributed by atoms with Gasteiger partial charge in [0.25, 0.3) is 0 Å². The molecule has 44 heavy (non-hydrogen) atoms. The molecular weight excluding hydrogens is 675 g/mol. The minimum atomic E-state index is -0.314. The van der Waals surface area contributed by atoms with Gasteiger partial charge in [-0.15, -0.1) is 0 Å². The first-order valence-corrected chi connectivity index (χ1v) is 14.9. The molecule has 4 aromatic rings. The highest BCUT2D eigenvalue weighted by Crippen LogP contribution is 2.45. The van der Waals surface area contributed by atoms with Crippen LogP contribution < -0.4 is 9.47 Å². The standard InChI is InChI=1S/C33H27BrCl2O8/c1-16-2-3-19-12-30(22(34)14-24(19)37)43-32-28(41)10-18(11-29(32)42)7-21(35)5-4-20-13-31(23(36)15-25(20)38)44-33-26(39)8-17(6-16)9-27(33)40/h2,5,8-15,37-42H,3-4,6-7H2,1H3/b16-2-,21-5+. The van der Waals surface area contributed by atoms with Gasteiger partial charge in [0, 0.05) is 28.6 Å². The van der Waals surface area contributed by atoms with Crippen molar-refractivity contribution in [2.24, 2.45) is 0 Å². The van der Waals surface area contributed by atoms with E-state index in [1.807, 2.05) is 13.0 Å². The minimum absolute atomic E-state index is 0.00720. The van der Waals surface area contributed by atoms with Crippen LogP contribution in [-0.2, 0) is 25.7 Å². The summed E-state index contributed by atoms with van der Waals surface area (Å²) < 4.78 is 12.1. The zero-order valence-corrected chi connectivity index (χ0v) is 26.3. The van der Waals surface area contributed by atoms with Crippen LogP contribution in [0.5, 0.6) is 57.5 Å². The molecule has 0 spiro atoms. The molecule has 4 aromatic carbocycles. The van der Waals surface area contributed by atoms with Crippen LogP contribution in [0.4, 0.5) is 0 Å². The van der Waals surface area contributed by atoms with Gasteiger partial charge in [-0.05, 0) is 95.7 Å². The molecule has 228 valence electrons. The van der Waals surface area contributed by atoms with E-state index in [-0.39, 0.29) is 75.4 Å². The first kappa shape index (κ1) is 31.3. The number of benzene rings is 4. The number of hydrogen-bond acceptors (Lipinski definition) is 8. The van der Waals surface area contributed by atoms with E-state index in [9.17, 15) is 30.6 Å². The number of ether oxygens (including phenoxy) is 2. The summed E-state index contributed by atoms with van der Waals surface area (Å²) in [6.07, 6.45) is 4.50. The fraction of sp³-hybridized carbons (Fsp3) is 0.152. The Morgan fingerprint density at radius 2 is 1.07 bits per heavy atom. The van der Waals surface area contributed by atoms with Gasteiger partial charge in [0.05, 0.1) is 9.50 Å². The highest BCUT2D eigenvalue weighted by atomic mass is 79.9. The Morgan fingerprint density at radius 3 is 1.66 bits per heavy atom. The average Bonchev–Trinajstić information content (AvgIpc) is 2.93. The van der Waals surface area contributed by atoms with Crippen LogP contribution in [0.25, 0.3) is 0 Å². The third-order valence-corrected chi connectivity index (χ3v) is 8.18. The Hall–Kier alpha value is -4.18. The third kappa shape index (κ3) is 6.96. The molecule has 0 radical (unpaired) electrons. The van der Waals surface area contributed by atoms with E-state index in [1.54, 1.807) is 12.1 Å². The predicted octanol–water partition coefficient (Wildman–Crippen LogP) is 8.87. The van der Waals surface area contributed by atoms with Gasteiger partial charge >= 0.3 is 0 Å². The largest absolute Gasteiger partial charge is 0.508 e. The van der Waals surface area contributed by atoms with E-state index in [2.05, 4.69) is 15.9 Å². The maximum absolute atomic E-state index is 10.7. The van der Waals surface area contributed by atoms with E-state index in [0.717, 1.165) is 5.57 Å². The van der Waals surface area contributed by atoms with Crippen molar-refractivity contribution in [3.8, 4) is 57.5 Å². The maximum atomic E-state index is 10.7. The van der Waals surface area contributed by atoms with Crippen LogP contribution >= 0.6 is 39.1 Å². The molecule has 4 aliphatic rings. The van der Waals surface area contributed by atoms with E-state index in [1.165, 1.54) is 42.5 Å². The summed E-state index contributed by atoms with van der Waals surface area (Å²) in [5.41, 5.74) is 2.89. The van der Waals surface area contributed by atoms with Gasteiger partial charge in [0.15, 0.2) is 23.0 Å². The lowest BCUT2D eigenvalue weighted by Crippen LogP contribution is -1.95. The Bertz CT molecular complexity index is 1650. The lowest BCUT2D eigenvalue weighted by molar-refractivity contribution is 0.373. The number of aromatic hydroxyl groups is 6. The van der Waals surface area contributed by atoms with Crippen LogP contribution in [-0.4, -0.2) is 30.6 Å². The molecule has 8 rings (SSSR count). The van der Waals surface area contributed by atoms with E-state index in [4.69, 9.17) is 32.7 Å². The SMILES string of the molecule is C/C1=C/Cc2cc(c(Br)cc2O)Oc2c(O)cc(cc2O)C/C(Cl)=C\Cc2cc(c(Cl)cc2O)Oc2c(O)cc(cc2O)C1. The molecule has 0 amide bonds. The molecular formula is C33H27BrCl2O8. The van der Waals surface area contributed by atoms with Gasteiger partial charge in [-0.25, -0.2) is 0 Å². The van der Waals surface area contributed by atoms with Crippen molar-refractivity contribution in [2.75, 3.05) is 0 Å². The zero-order chi connectivity index (χ0) is 31.7. The summed E-state index contributed by atoms with van der Waals surface area (Å²) in [4.78, 5) is 0. The number of allylic oxidation sites excluding steroid dienone is 4. The normalized spacial score (nSPS) is 16.2. The average molecular weight is 702 g/mol. The molecule has 11 heteroatoms. The van der Waals surface area contributed by atoms with Gasteiger partial charge in [0.1, 0.15) is 23.0 Å². The Balaban J connectivity index is 1.58. The van der Waals surface area contributed by atoms with Crippen molar-refractivity contribution in [3.63, 3.8) is 0 Å². The van der Waals surface area contributed by atoms with Gasteiger partial charge in [-0.3, -0.25) is 0 Å². The van der Waals surface area contributed by atoms with Gasteiger partial charge in [0.2, 0.25) is 11.5 Å². The molecule has 0 aliphatic carbocycles. The molecule has 0 saturated heterocycles. The fourth-order valence-corrected chi connectivity index (χ4v) is 5.60. The quantitative estimate of drug-likeness (QED) is 0.1000. The molecule has 0 unspecified atom stereocenters. The van der Waals surface area contributed by atoms with Crippen LogP contribution in [0.2, 0.25) is 5.02 Å². The van der Waals surface area contributed by atoms with Crippen molar-refractivity contribution < 1.29 is 40.1 Å². The van der Waals surface area contributed by atoms with E-state index >= 15 is 0 Å². The molecule has 8 bridgehead atoms. The summed E-state index contributed by atoms with van der Waals surface area (Å²) in [7, 11) is 0. The van der Waals surface area contributed by atoms with E-state index < -0.39 is 0 Å². The number of halogens is 3. The summed E-state index contributed by atoms with van der Waals surface area (Å²) in [5.74, 6) is -1.38. The number of phenols is 6. The van der Waals surface area contributed by atoms with Crippen molar-refractivity contribution in [2.45, 2.75) is 32.6 Å².